The summed E-state index contributed by atoms with van der Waals surface area (Å²) >= 11 is 0. The number of carbonyl (C=O) groups is 6. The molecule has 4 aliphatic rings. The molecule has 274 valence electrons. The molecule has 0 unspecified atom stereocenters. The molecule has 50 heavy (non-hydrogen) atoms. The molecule has 0 spiro atoms. The van der Waals surface area contributed by atoms with Crippen molar-refractivity contribution in [1.29, 1.82) is 0 Å². The predicted molar refractivity (Wildman–Crippen MR) is 187 cm³/mol. The molecule has 1 saturated heterocycles. The Morgan fingerprint density at radius 2 is 1.58 bits per heavy atom. The second kappa shape index (κ2) is 16.5. The van der Waals surface area contributed by atoms with Gasteiger partial charge in [-0.25, -0.2) is 0 Å². The van der Waals surface area contributed by atoms with Crippen molar-refractivity contribution in [2.24, 2.45) is 17.3 Å². The van der Waals surface area contributed by atoms with Crippen LogP contribution < -0.4 is 21.3 Å². The zero-order valence-corrected chi connectivity index (χ0v) is 30.2. The fourth-order valence-electron chi connectivity index (χ4n) is 8.09. The van der Waals surface area contributed by atoms with Gasteiger partial charge < -0.3 is 26.2 Å². The SMILES string of the molecule is CCC[C@H](NC(=O)[C@@H]1C[C@@H]2CCCC[C@@H]2N1C(=O)[C@@H](NC(=O)[C@@H](NC(=O)c1ccccn1)C1CCCCC1)C(C)(C)C)C(=O)C(=O)NC1CC1. The van der Waals surface area contributed by atoms with E-state index in [1.54, 1.807) is 23.1 Å². The highest BCUT2D eigenvalue weighted by Gasteiger charge is 2.51. The lowest BCUT2D eigenvalue weighted by atomic mass is 9.81. The van der Waals surface area contributed by atoms with Crippen molar-refractivity contribution < 1.29 is 28.8 Å². The van der Waals surface area contributed by atoms with Crippen molar-refractivity contribution in [1.82, 2.24) is 31.2 Å². The van der Waals surface area contributed by atoms with E-state index in [9.17, 15) is 28.8 Å². The van der Waals surface area contributed by atoms with Crippen LogP contribution in [0.2, 0.25) is 0 Å². The topological polar surface area (TPSA) is 167 Å². The molecule has 5 amide bonds. The molecule has 1 aromatic heterocycles. The Labute approximate surface area is 296 Å². The minimum absolute atomic E-state index is 0.0149. The van der Waals surface area contributed by atoms with Crippen LogP contribution in [-0.4, -0.2) is 81.5 Å². The van der Waals surface area contributed by atoms with Crippen LogP contribution in [0.1, 0.15) is 128 Å². The number of fused-ring (bicyclic) bond motifs is 1. The molecular formula is C38H56N6O6. The maximum absolute atomic E-state index is 14.8. The number of likely N-dealkylation sites (tertiary alicyclic amines) is 1. The quantitative estimate of drug-likeness (QED) is 0.229. The van der Waals surface area contributed by atoms with Crippen molar-refractivity contribution in [3.8, 4) is 0 Å². The number of ketones is 1. The zero-order valence-electron chi connectivity index (χ0n) is 30.2. The highest BCUT2D eigenvalue weighted by molar-refractivity contribution is 6.38. The van der Waals surface area contributed by atoms with Crippen LogP contribution in [0.15, 0.2) is 24.4 Å². The number of aromatic nitrogens is 1. The van der Waals surface area contributed by atoms with Gasteiger partial charge >= 0.3 is 0 Å². The normalized spacial score (nSPS) is 24.2. The number of nitrogens with zero attached hydrogens (tertiary/aromatic N) is 2. The van der Waals surface area contributed by atoms with Gasteiger partial charge in [0.05, 0.1) is 6.04 Å². The van der Waals surface area contributed by atoms with E-state index >= 15 is 0 Å². The van der Waals surface area contributed by atoms with E-state index in [2.05, 4.69) is 26.3 Å². The van der Waals surface area contributed by atoms with Gasteiger partial charge in [-0.2, -0.15) is 0 Å². The molecule has 12 nitrogen and oxygen atoms in total. The number of hydrogen-bond acceptors (Lipinski definition) is 7. The van der Waals surface area contributed by atoms with Crippen LogP contribution in [-0.2, 0) is 24.0 Å². The first kappa shape index (κ1) is 37.4. The van der Waals surface area contributed by atoms with Crippen molar-refractivity contribution >= 4 is 35.3 Å². The molecular weight excluding hydrogens is 636 g/mol. The summed E-state index contributed by atoms with van der Waals surface area (Å²) in [5.74, 6) is -2.98. The smallest absolute Gasteiger partial charge is 0.289 e. The summed E-state index contributed by atoms with van der Waals surface area (Å²) < 4.78 is 0. The van der Waals surface area contributed by atoms with Crippen LogP contribution in [0.3, 0.4) is 0 Å². The second-order valence-electron chi connectivity index (χ2n) is 15.9. The number of carbonyl (C=O) groups excluding carboxylic acids is 6. The number of hydrogen-bond donors (Lipinski definition) is 4. The summed E-state index contributed by atoms with van der Waals surface area (Å²) in [5, 5.41) is 11.6. The molecule has 1 aromatic rings. The molecule has 12 heteroatoms. The van der Waals surface area contributed by atoms with Gasteiger partial charge in [0.15, 0.2) is 0 Å². The minimum Gasteiger partial charge on any atom is -0.347 e. The van der Waals surface area contributed by atoms with E-state index in [1.165, 1.54) is 6.20 Å². The van der Waals surface area contributed by atoms with E-state index in [1.807, 2.05) is 27.7 Å². The average Bonchev–Trinajstić information content (AvgIpc) is 3.84. The molecule has 3 saturated carbocycles. The molecule has 0 aromatic carbocycles. The summed E-state index contributed by atoms with van der Waals surface area (Å²) in [7, 11) is 0. The van der Waals surface area contributed by atoms with Gasteiger partial charge in [0, 0.05) is 18.3 Å². The Bertz CT molecular complexity index is 1400. The fourth-order valence-corrected chi connectivity index (χ4v) is 8.09. The Kier molecular flexibility index (Phi) is 12.3. The molecule has 1 aliphatic heterocycles. The molecule has 0 radical (unpaired) electrons. The number of rotatable bonds is 13. The lowest BCUT2D eigenvalue weighted by Gasteiger charge is -2.40. The molecule has 3 aliphatic carbocycles. The standard InChI is InChI=1S/C38H56N6O6/c1-5-13-26(31(45)36(49)40-25-19-20-25)41-34(47)29-22-24-16-9-10-18-28(24)44(29)37(50)32(38(2,3)4)43-35(48)30(23-14-7-6-8-15-23)42-33(46)27-17-11-12-21-39-27/h11-12,17,21,23-26,28-30,32H,5-10,13-16,18-20,22H2,1-4H3,(H,40,49)(H,41,47)(H,42,46)(H,43,48)/t24-,26-,28-,29-,30-,32+/m0/s1. The first-order chi connectivity index (χ1) is 23.9. The number of Topliss-reactive ketones (excluding diaryl/α,β-unsaturated/α-hetero) is 1. The van der Waals surface area contributed by atoms with Gasteiger partial charge in [0.1, 0.15) is 23.8 Å². The summed E-state index contributed by atoms with van der Waals surface area (Å²) in [4.78, 5) is 88.1. The number of pyridine rings is 1. The second-order valence-corrected chi connectivity index (χ2v) is 15.9. The summed E-state index contributed by atoms with van der Waals surface area (Å²) in [6, 6.07) is 1.22. The lowest BCUT2D eigenvalue weighted by molar-refractivity contribution is -0.147. The van der Waals surface area contributed by atoms with E-state index < -0.39 is 59.0 Å². The fraction of sp³-hybridized carbons (Fsp3) is 0.711. The maximum Gasteiger partial charge on any atom is 0.289 e. The van der Waals surface area contributed by atoms with Crippen molar-refractivity contribution in [2.45, 2.75) is 154 Å². The first-order valence-corrected chi connectivity index (χ1v) is 18.9. The van der Waals surface area contributed by atoms with E-state index in [4.69, 9.17) is 0 Å². The van der Waals surface area contributed by atoms with Gasteiger partial charge in [-0.15, -0.1) is 0 Å². The van der Waals surface area contributed by atoms with Crippen molar-refractivity contribution in [3.05, 3.63) is 30.1 Å². The van der Waals surface area contributed by atoms with Gasteiger partial charge in [-0.1, -0.05) is 72.3 Å². The largest absolute Gasteiger partial charge is 0.347 e. The monoisotopic (exact) mass is 692 g/mol. The third-order valence-electron chi connectivity index (χ3n) is 11.0. The van der Waals surface area contributed by atoms with Gasteiger partial charge in [-0.3, -0.25) is 33.8 Å². The molecule has 4 fully saturated rings. The van der Waals surface area contributed by atoms with Crippen molar-refractivity contribution in [3.63, 3.8) is 0 Å². The van der Waals surface area contributed by atoms with E-state index in [-0.39, 0.29) is 35.5 Å². The van der Waals surface area contributed by atoms with E-state index in [0.29, 0.717) is 19.3 Å². The molecule has 4 N–H and O–H groups in total. The zero-order chi connectivity index (χ0) is 36.0. The van der Waals surface area contributed by atoms with Crippen LogP contribution in [0.5, 0.6) is 0 Å². The van der Waals surface area contributed by atoms with Gasteiger partial charge in [-0.05, 0) is 80.8 Å². The molecule has 2 heterocycles. The summed E-state index contributed by atoms with van der Waals surface area (Å²) in [5.41, 5.74) is -0.520. The average molecular weight is 693 g/mol. The Hall–Kier alpha value is -3.83. The third kappa shape index (κ3) is 9.09. The third-order valence-corrected chi connectivity index (χ3v) is 11.0. The molecule has 0 bridgehead atoms. The van der Waals surface area contributed by atoms with Gasteiger partial charge in [0.2, 0.25) is 23.5 Å². The highest BCUT2D eigenvalue weighted by Crippen LogP contribution is 2.41. The van der Waals surface area contributed by atoms with E-state index in [0.717, 1.165) is 70.6 Å². The molecule has 5 rings (SSSR count). The van der Waals surface area contributed by atoms with Gasteiger partial charge in [0.25, 0.3) is 11.8 Å². The minimum atomic E-state index is -0.985. The predicted octanol–water partition coefficient (Wildman–Crippen LogP) is 3.58. The first-order valence-electron chi connectivity index (χ1n) is 18.9. The lowest BCUT2D eigenvalue weighted by Crippen LogP contribution is -2.63. The van der Waals surface area contributed by atoms with Crippen LogP contribution in [0.25, 0.3) is 0 Å². The summed E-state index contributed by atoms with van der Waals surface area (Å²) in [6.45, 7) is 7.54. The van der Waals surface area contributed by atoms with Crippen LogP contribution in [0, 0.1) is 17.3 Å². The molecule has 6 atom stereocenters. The Morgan fingerprint density at radius 1 is 0.880 bits per heavy atom. The maximum atomic E-state index is 14.8. The van der Waals surface area contributed by atoms with Crippen LogP contribution in [0.4, 0.5) is 0 Å². The Morgan fingerprint density at radius 3 is 2.22 bits per heavy atom. The number of nitrogens with one attached hydrogen (secondary N) is 4. The Balaban J connectivity index is 1.38. The van der Waals surface area contributed by atoms with Crippen LogP contribution >= 0.6 is 0 Å². The summed E-state index contributed by atoms with van der Waals surface area (Å²) in [6.07, 6.45) is 12.7. The number of amides is 5. The van der Waals surface area contributed by atoms with Crippen molar-refractivity contribution in [2.75, 3.05) is 0 Å². The highest BCUT2D eigenvalue weighted by atomic mass is 16.2.